The maximum absolute atomic E-state index is 13.6. The summed E-state index contributed by atoms with van der Waals surface area (Å²) in [5.74, 6) is 1.02. The van der Waals surface area contributed by atoms with Gasteiger partial charge in [-0.3, -0.25) is 4.90 Å². The average molecular weight is 386 g/mol. The van der Waals surface area contributed by atoms with Gasteiger partial charge < -0.3 is 23.9 Å². The van der Waals surface area contributed by atoms with Gasteiger partial charge in [-0.25, -0.2) is 0 Å². The van der Waals surface area contributed by atoms with Crippen LogP contribution in [0.2, 0.25) is 0 Å². The van der Waals surface area contributed by atoms with Gasteiger partial charge in [0.2, 0.25) is 0 Å². The SMILES string of the molecule is COc1cc2c(-c3ccc(F)[nH]3)cn(CCN3CCN(C)CC3)c2cc1OC. The molecular weight excluding hydrogens is 359 g/mol. The van der Waals surface area contributed by atoms with Crippen LogP contribution >= 0.6 is 0 Å². The number of methoxy groups -OCH3 is 2. The fourth-order valence-electron chi connectivity index (χ4n) is 3.86. The van der Waals surface area contributed by atoms with E-state index in [4.69, 9.17) is 9.47 Å². The molecule has 0 bridgehead atoms. The first-order valence-corrected chi connectivity index (χ1v) is 9.59. The lowest BCUT2D eigenvalue weighted by molar-refractivity contribution is 0.150. The molecule has 6 nitrogen and oxygen atoms in total. The van der Waals surface area contributed by atoms with E-state index in [2.05, 4.69) is 32.6 Å². The highest BCUT2D eigenvalue weighted by atomic mass is 19.1. The average Bonchev–Trinajstić information content (AvgIpc) is 3.29. The Morgan fingerprint density at radius 1 is 1.00 bits per heavy atom. The number of hydrogen-bond acceptors (Lipinski definition) is 4. The zero-order valence-corrected chi connectivity index (χ0v) is 16.7. The van der Waals surface area contributed by atoms with Crippen LogP contribution in [-0.4, -0.2) is 73.3 Å². The van der Waals surface area contributed by atoms with Crippen molar-refractivity contribution in [1.82, 2.24) is 19.4 Å². The van der Waals surface area contributed by atoms with Crippen LogP contribution in [0.3, 0.4) is 0 Å². The molecule has 0 amide bonds. The summed E-state index contributed by atoms with van der Waals surface area (Å²) in [6.45, 7) is 6.21. The van der Waals surface area contributed by atoms with Gasteiger partial charge in [0, 0.05) is 68.2 Å². The van der Waals surface area contributed by atoms with Gasteiger partial charge in [0.25, 0.3) is 0 Å². The topological polar surface area (TPSA) is 45.7 Å². The molecule has 0 aliphatic carbocycles. The molecule has 1 N–H and O–H groups in total. The fourth-order valence-corrected chi connectivity index (χ4v) is 3.86. The normalized spacial score (nSPS) is 16.0. The van der Waals surface area contributed by atoms with Gasteiger partial charge in [-0.1, -0.05) is 0 Å². The molecule has 150 valence electrons. The quantitative estimate of drug-likeness (QED) is 0.707. The minimum Gasteiger partial charge on any atom is -0.493 e. The van der Waals surface area contributed by atoms with Crippen molar-refractivity contribution in [3.63, 3.8) is 0 Å². The second kappa shape index (κ2) is 7.85. The van der Waals surface area contributed by atoms with Crippen LogP contribution in [0, 0.1) is 5.95 Å². The summed E-state index contributed by atoms with van der Waals surface area (Å²) < 4.78 is 26.8. The van der Waals surface area contributed by atoms with Crippen molar-refractivity contribution in [3.05, 3.63) is 36.4 Å². The summed E-state index contributed by atoms with van der Waals surface area (Å²) in [7, 11) is 5.43. The zero-order valence-electron chi connectivity index (χ0n) is 16.7. The maximum atomic E-state index is 13.6. The summed E-state index contributed by atoms with van der Waals surface area (Å²) >= 11 is 0. The summed E-state index contributed by atoms with van der Waals surface area (Å²) in [5, 5.41) is 1.01. The molecule has 7 heteroatoms. The maximum Gasteiger partial charge on any atom is 0.191 e. The molecule has 3 heterocycles. The smallest absolute Gasteiger partial charge is 0.191 e. The van der Waals surface area contributed by atoms with E-state index in [0.717, 1.165) is 61.4 Å². The van der Waals surface area contributed by atoms with Gasteiger partial charge in [0.15, 0.2) is 17.4 Å². The van der Waals surface area contributed by atoms with E-state index < -0.39 is 0 Å². The second-order valence-corrected chi connectivity index (χ2v) is 7.33. The van der Waals surface area contributed by atoms with Crippen molar-refractivity contribution in [2.75, 3.05) is 54.0 Å². The second-order valence-electron chi connectivity index (χ2n) is 7.33. The van der Waals surface area contributed by atoms with E-state index in [0.29, 0.717) is 11.5 Å². The molecular formula is C21H27FN4O2. The number of halogens is 1. The van der Waals surface area contributed by atoms with E-state index in [1.807, 2.05) is 12.1 Å². The molecule has 0 spiro atoms. The summed E-state index contributed by atoms with van der Waals surface area (Å²) in [6, 6.07) is 7.19. The molecule has 3 aromatic rings. The Balaban J connectivity index is 1.70. The molecule has 4 rings (SSSR count). The molecule has 1 aliphatic heterocycles. The van der Waals surface area contributed by atoms with Crippen molar-refractivity contribution >= 4 is 10.9 Å². The van der Waals surface area contributed by atoms with Crippen molar-refractivity contribution in [1.29, 1.82) is 0 Å². The molecule has 1 saturated heterocycles. The van der Waals surface area contributed by atoms with Crippen LogP contribution in [0.25, 0.3) is 22.2 Å². The number of H-pyrrole nitrogens is 1. The number of piperazine rings is 1. The minimum atomic E-state index is -0.339. The Morgan fingerprint density at radius 2 is 1.71 bits per heavy atom. The Bertz CT molecular complexity index is 957. The number of hydrogen-bond donors (Lipinski definition) is 1. The van der Waals surface area contributed by atoms with Crippen LogP contribution in [0.4, 0.5) is 4.39 Å². The zero-order chi connectivity index (χ0) is 19.7. The van der Waals surface area contributed by atoms with Crippen LogP contribution in [-0.2, 0) is 6.54 Å². The van der Waals surface area contributed by atoms with Crippen molar-refractivity contribution in [3.8, 4) is 22.8 Å². The summed E-state index contributed by atoms with van der Waals surface area (Å²) in [4.78, 5) is 7.65. The molecule has 2 aromatic heterocycles. The molecule has 1 aliphatic rings. The lowest BCUT2D eigenvalue weighted by Gasteiger charge is -2.32. The molecule has 0 saturated carbocycles. The third-order valence-electron chi connectivity index (χ3n) is 5.58. The van der Waals surface area contributed by atoms with Gasteiger partial charge >= 0.3 is 0 Å². The Kier molecular flexibility index (Phi) is 5.28. The number of aromatic nitrogens is 2. The predicted molar refractivity (Wildman–Crippen MR) is 109 cm³/mol. The number of benzene rings is 1. The highest BCUT2D eigenvalue weighted by Crippen LogP contribution is 2.38. The van der Waals surface area contributed by atoms with Gasteiger partial charge in [-0.2, -0.15) is 4.39 Å². The molecule has 28 heavy (non-hydrogen) atoms. The van der Waals surface area contributed by atoms with Crippen LogP contribution in [0.1, 0.15) is 0 Å². The van der Waals surface area contributed by atoms with Crippen molar-refractivity contribution in [2.24, 2.45) is 0 Å². The Hall–Kier alpha value is -2.51. The highest BCUT2D eigenvalue weighted by molar-refractivity contribution is 5.97. The molecule has 1 aromatic carbocycles. The van der Waals surface area contributed by atoms with Crippen molar-refractivity contribution in [2.45, 2.75) is 6.54 Å². The van der Waals surface area contributed by atoms with E-state index in [9.17, 15) is 4.39 Å². The third kappa shape index (κ3) is 3.59. The molecule has 1 fully saturated rings. The van der Waals surface area contributed by atoms with E-state index in [1.54, 1.807) is 20.3 Å². The summed E-state index contributed by atoms with van der Waals surface area (Å²) in [6.07, 6.45) is 2.09. The lowest BCUT2D eigenvalue weighted by Crippen LogP contribution is -2.45. The third-order valence-corrected chi connectivity index (χ3v) is 5.58. The van der Waals surface area contributed by atoms with Gasteiger partial charge in [-0.15, -0.1) is 0 Å². The number of nitrogens with one attached hydrogen (secondary N) is 1. The Labute approximate surface area is 164 Å². The molecule has 0 unspecified atom stereocenters. The van der Waals surface area contributed by atoms with Crippen LogP contribution < -0.4 is 9.47 Å². The lowest BCUT2D eigenvalue weighted by atomic mass is 10.1. The number of rotatable bonds is 6. The first-order valence-electron chi connectivity index (χ1n) is 9.59. The molecule has 0 atom stereocenters. The first-order chi connectivity index (χ1) is 13.6. The number of fused-ring (bicyclic) bond motifs is 1. The van der Waals surface area contributed by atoms with E-state index >= 15 is 0 Å². The van der Waals surface area contributed by atoms with Crippen molar-refractivity contribution < 1.29 is 13.9 Å². The minimum absolute atomic E-state index is 0.339. The molecule has 0 radical (unpaired) electrons. The standard InChI is InChI=1S/C21H27FN4O2/c1-24-6-8-25(9-7-24)10-11-26-14-16(17-4-5-21(22)23-17)15-12-19(27-2)20(28-3)13-18(15)26/h4-5,12-14,23H,6-11H2,1-3H3. The fraction of sp³-hybridized carbons (Fsp3) is 0.429. The van der Waals surface area contributed by atoms with Gasteiger partial charge in [0.1, 0.15) is 0 Å². The van der Waals surface area contributed by atoms with Crippen LogP contribution in [0.15, 0.2) is 30.5 Å². The predicted octanol–water partition coefficient (Wildman–Crippen LogP) is 3.04. The first kappa shape index (κ1) is 18.8. The highest BCUT2D eigenvalue weighted by Gasteiger charge is 2.18. The number of ether oxygens (including phenoxy) is 2. The number of nitrogens with zero attached hydrogens (tertiary/aromatic N) is 3. The monoisotopic (exact) mass is 386 g/mol. The number of aromatic amines is 1. The van der Waals surface area contributed by atoms with E-state index in [-0.39, 0.29) is 5.95 Å². The van der Waals surface area contributed by atoms with Gasteiger partial charge in [0.05, 0.1) is 19.7 Å². The van der Waals surface area contributed by atoms with Gasteiger partial charge in [-0.05, 0) is 25.2 Å². The number of likely N-dealkylation sites (N-methyl/N-ethyl adjacent to an activating group) is 1. The van der Waals surface area contributed by atoms with Crippen LogP contribution in [0.5, 0.6) is 11.5 Å². The Morgan fingerprint density at radius 3 is 2.36 bits per heavy atom. The largest absolute Gasteiger partial charge is 0.493 e. The summed E-state index contributed by atoms with van der Waals surface area (Å²) in [5.41, 5.74) is 2.77. The van der Waals surface area contributed by atoms with E-state index in [1.165, 1.54) is 6.07 Å².